The fourth-order valence-electron chi connectivity index (χ4n) is 3.90. The molecule has 2 saturated carbocycles. The van der Waals surface area contributed by atoms with Gasteiger partial charge in [0.15, 0.2) is 0 Å². The summed E-state index contributed by atoms with van der Waals surface area (Å²) in [7, 11) is 0. The maximum Gasteiger partial charge on any atom is 0.224 e. The zero-order chi connectivity index (χ0) is 13.2. The van der Waals surface area contributed by atoms with Crippen molar-refractivity contribution in [3.63, 3.8) is 0 Å². The molecule has 0 radical (unpaired) electrons. The first-order valence-corrected chi connectivity index (χ1v) is 7.63. The van der Waals surface area contributed by atoms with E-state index in [9.17, 15) is 4.79 Å². The van der Waals surface area contributed by atoms with Crippen molar-refractivity contribution in [2.45, 2.75) is 45.4 Å². The summed E-state index contributed by atoms with van der Waals surface area (Å²) in [6, 6.07) is 8.20. The predicted octanol–water partition coefficient (Wildman–Crippen LogP) is 4.01. The van der Waals surface area contributed by atoms with E-state index in [2.05, 4.69) is 24.4 Å². The Hall–Kier alpha value is -1.31. The van der Waals surface area contributed by atoms with Crippen molar-refractivity contribution in [2.24, 2.45) is 17.8 Å². The Morgan fingerprint density at radius 2 is 2.00 bits per heavy atom. The van der Waals surface area contributed by atoms with E-state index < -0.39 is 0 Å². The van der Waals surface area contributed by atoms with Gasteiger partial charge in [-0.3, -0.25) is 4.79 Å². The van der Waals surface area contributed by atoms with Crippen molar-refractivity contribution in [3.05, 3.63) is 29.8 Å². The molecular formula is C17H23NO. The molecule has 0 saturated heterocycles. The van der Waals surface area contributed by atoms with Crippen LogP contribution in [0.5, 0.6) is 0 Å². The summed E-state index contributed by atoms with van der Waals surface area (Å²) >= 11 is 0. The molecule has 2 heteroatoms. The van der Waals surface area contributed by atoms with Crippen LogP contribution >= 0.6 is 0 Å². The Morgan fingerprint density at radius 1 is 1.21 bits per heavy atom. The lowest BCUT2D eigenvalue weighted by molar-refractivity contribution is -0.117. The van der Waals surface area contributed by atoms with Gasteiger partial charge in [-0.1, -0.05) is 25.5 Å². The van der Waals surface area contributed by atoms with Crippen LogP contribution in [0.3, 0.4) is 0 Å². The maximum atomic E-state index is 12.1. The zero-order valence-electron chi connectivity index (χ0n) is 11.7. The van der Waals surface area contributed by atoms with E-state index in [-0.39, 0.29) is 5.91 Å². The quantitative estimate of drug-likeness (QED) is 0.867. The number of fused-ring (bicyclic) bond motifs is 2. The lowest BCUT2D eigenvalue weighted by atomic mass is 9.86. The molecule has 2 nitrogen and oxygen atoms in total. The van der Waals surface area contributed by atoms with E-state index in [1.165, 1.54) is 31.2 Å². The Balaban J connectivity index is 1.53. The summed E-state index contributed by atoms with van der Waals surface area (Å²) in [6.45, 7) is 2.14. The molecule has 0 aromatic heterocycles. The molecule has 2 fully saturated rings. The second kappa shape index (κ2) is 5.36. The lowest BCUT2D eigenvalue weighted by Crippen LogP contribution is -2.20. The highest BCUT2D eigenvalue weighted by Gasteiger charge is 2.40. The maximum absolute atomic E-state index is 12.1. The van der Waals surface area contributed by atoms with E-state index >= 15 is 0 Å². The number of carbonyl (C=O) groups is 1. The van der Waals surface area contributed by atoms with Gasteiger partial charge >= 0.3 is 0 Å². The molecule has 2 aliphatic rings. The minimum absolute atomic E-state index is 0.196. The molecule has 2 bridgehead atoms. The average molecular weight is 257 g/mol. The summed E-state index contributed by atoms with van der Waals surface area (Å²) < 4.78 is 0. The largest absolute Gasteiger partial charge is 0.326 e. The van der Waals surface area contributed by atoms with Crippen LogP contribution in [-0.2, 0) is 11.2 Å². The number of benzene rings is 1. The lowest BCUT2D eigenvalue weighted by Gasteiger charge is -2.20. The number of hydrogen-bond acceptors (Lipinski definition) is 1. The van der Waals surface area contributed by atoms with E-state index in [4.69, 9.17) is 0 Å². The number of aryl methyl sites for hydroxylation is 1. The number of rotatable bonds is 4. The zero-order valence-corrected chi connectivity index (χ0v) is 11.7. The van der Waals surface area contributed by atoms with Crippen LogP contribution in [0.1, 0.15) is 44.6 Å². The Morgan fingerprint density at radius 3 is 2.58 bits per heavy atom. The predicted molar refractivity (Wildman–Crippen MR) is 78.0 cm³/mol. The number of hydrogen-bond donors (Lipinski definition) is 1. The van der Waals surface area contributed by atoms with Crippen molar-refractivity contribution < 1.29 is 4.79 Å². The van der Waals surface area contributed by atoms with Gasteiger partial charge in [0.1, 0.15) is 0 Å². The van der Waals surface area contributed by atoms with Gasteiger partial charge in [0.25, 0.3) is 0 Å². The molecule has 1 amide bonds. The molecule has 1 aromatic rings. The fourth-order valence-corrected chi connectivity index (χ4v) is 3.90. The third-order valence-electron chi connectivity index (χ3n) is 4.98. The van der Waals surface area contributed by atoms with Crippen molar-refractivity contribution in [2.75, 3.05) is 5.32 Å². The second-order valence-electron chi connectivity index (χ2n) is 6.24. The normalized spacial score (nSPS) is 28.6. The van der Waals surface area contributed by atoms with Gasteiger partial charge < -0.3 is 5.32 Å². The van der Waals surface area contributed by atoms with Gasteiger partial charge in [0.2, 0.25) is 5.91 Å². The van der Waals surface area contributed by atoms with Crippen LogP contribution < -0.4 is 5.32 Å². The van der Waals surface area contributed by atoms with Crippen LogP contribution in [0.25, 0.3) is 0 Å². The Labute approximate surface area is 115 Å². The number of nitrogens with one attached hydrogen (secondary N) is 1. The third-order valence-corrected chi connectivity index (χ3v) is 4.98. The molecule has 3 atom stereocenters. The van der Waals surface area contributed by atoms with E-state index in [0.29, 0.717) is 5.92 Å². The van der Waals surface area contributed by atoms with Gasteiger partial charge in [-0.2, -0.15) is 0 Å². The number of anilines is 1. The molecule has 0 aliphatic heterocycles. The molecule has 1 N–H and O–H groups in total. The van der Waals surface area contributed by atoms with Crippen LogP contribution in [0, 0.1) is 17.8 Å². The molecule has 0 spiro atoms. The highest BCUT2D eigenvalue weighted by molar-refractivity contribution is 5.90. The van der Waals surface area contributed by atoms with E-state index in [0.717, 1.165) is 30.4 Å². The van der Waals surface area contributed by atoms with Gasteiger partial charge in [-0.25, -0.2) is 0 Å². The second-order valence-corrected chi connectivity index (χ2v) is 6.24. The molecule has 3 rings (SSSR count). The van der Waals surface area contributed by atoms with Crippen molar-refractivity contribution in [1.82, 2.24) is 0 Å². The average Bonchev–Trinajstić information content (AvgIpc) is 3.02. The van der Waals surface area contributed by atoms with Crippen LogP contribution in [0.15, 0.2) is 24.3 Å². The molecule has 102 valence electrons. The van der Waals surface area contributed by atoms with Gasteiger partial charge in [-0.05, 0) is 61.1 Å². The molecular weight excluding hydrogens is 234 g/mol. The first kappa shape index (κ1) is 12.7. The first-order valence-electron chi connectivity index (χ1n) is 7.63. The summed E-state index contributed by atoms with van der Waals surface area (Å²) in [4.78, 5) is 12.1. The Bertz CT molecular complexity index is 451. The standard InChI is InChI=1S/C17H23NO/c1-2-12-4-7-16(8-5-12)18-17(19)11-15-10-13-3-6-14(15)9-13/h4-5,7-8,13-15H,2-3,6,9-11H2,1H3,(H,18,19)/t13-,14+,15+/m0/s1. The van der Waals surface area contributed by atoms with Crippen LogP contribution in [0.4, 0.5) is 5.69 Å². The van der Waals surface area contributed by atoms with Gasteiger partial charge in [-0.15, -0.1) is 0 Å². The highest BCUT2D eigenvalue weighted by atomic mass is 16.1. The molecule has 19 heavy (non-hydrogen) atoms. The minimum Gasteiger partial charge on any atom is -0.326 e. The van der Waals surface area contributed by atoms with Crippen molar-refractivity contribution in [1.29, 1.82) is 0 Å². The van der Waals surface area contributed by atoms with Gasteiger partial charge in [0.05, 0.1) is 0 Å². The van der Waals surface area contributed by atoms with Crippen LogP contribution in [0.2, 0.25) is 0 Å². The topological polar surface area (TPSA) is 29.1 Å². The summed E-state index contributed by atoms with van der Waals surface area (Å²) in [6.07, 6.45) is 7.18. The smallest absolute Gasteiger partial charge is 0.224 e. The molecule has 0 unspecified atom stereocenters. The van der Waals surface area contributed by atoms with Crippen molar-refractivity contribution in [3.8, 4) is 0 Å². The van der Waals surface area contributed by atoms with Crippen molar-refractivity contribution >= 4 is 11.6 Å². The van der Waals surface area contributed by atoms with E-state index in [1.807, 2.05) is 12.1 Å². The summed E-state index contributed by atoms with van der Waals surface area (Å²) in [5.74, 6) is 2.60. The molecule has 1 aromatic carbocycles. The minimum atomic E-state index is 0.196. The SMILES string of the molecule is CCc1ccc(NC(=O)C[C@H]2C[C@H]3CC[C@@H]2C3)cc1. The molecule has 0 heterocycles. The summed E-state index contributed by atoms with van der Waals surface area (Å²) in [5.41, 5.74) is 2.25. The molecule has 2 aliphatic carbocycles. The third kappa shape index (κ3) is 2.83. The number of amides is 1. The monoisotopic (exact) mass is 257 g/mol. The van der Waals surface area contributed by atoms with E-state index in [1.54, 1.807) is 0 Å². The first-order chi connectivity index (χ1) is 9.24. The highest BCUT2D eigenvalue weighted by Crippen LogP contribution is 2.49. The fraction of sp³-hybridized carbons (Fsp3) is 0.588. The summed E-state index contributed by atoms with van der Waals surface area (Å²) in [5, 5.41) is 3.04. The van der Waals surface area contributed by atoms with Crippen LogP contribution in [-0.4, -0.2) is 5.91 Å². The number of carbonyl (C=O) groups excluding carboxylic acids is 1. The van der Waals surface area contributed by atoms with Gasteiger partial charge in [0, 0.05) is 12.1 Å². The Kier molecular flexibility index (Phi) is 3.58.